The van der Waals surface area contributed by atoms with E-state index in [1.165, 1.54) is 21.5 Å². The summed E-state index contributed by atoms with van der Waals surface area (Å²) in [7, 11) is 0. The fourth-order valence-electron chi connectivity index (χ4n) is 7.00. The van der Waals surface area contributed by atoms with Crippen LogP contribution in [-0.4, -0.2) is 9.55 Å². The number of imidazole rings is 1. The molecule has 0 fully saturated rings. The maximum Gasteiger partial charge on any atom is 0.145 e. The molecule has 0 amide bonds. The Morgan fingerprint density at radius 1 is 0.400 bits per heavy atom. The average molecular weight is 640 g/mol. The molecule has 0 bridgehead atoms. The lowest BCUT2D eigenvalue weighted by molar-refractivity contribution is 1.11. The molecule has 1 aromatic heterocycles. The van der Waals surface area contributed by atoms with Gasteiger partial charge in [-0.05, 0) is 70.4 Å². The van der Waals surface area contributed by atoms with Crippen molar-refractivity contribution >= 4 is 61.8 Å². The van der Waals surface area contributed by atoms with Gasteiger partial charge in [0.15, 0.2) is 0 Å². The Morgan fingerprint density at radius 3 is 1.42 bits per heavy atom. The molecule has 0 aliphatic carbocycles. The number of nitrogens with zero attached hydrogens (tertiary/aromatic N) is 3. The minimum atomic E-state index is 0.936. The smallest absolute Gasteiger partial charge is 0.145 e. The van der Waals surface area contributed by atoms with Crippen molar-refractivity contribution in [2.45, 2.75) is 0 Å². The molecule has 50 heavy (non-hydrogen) atoms. The van der Waals surface area contributed by atoms with Crippen molar-refractivity contribution in [3.05, 3.63) is 199 Å². The largest absolute Gasteiger partial charge is 0.311 e. The molecule has 0 atom stereocenters. The molecule has 0 N–H and O–H groups in total. The van der Waals surface area contributed by atoms with Crippen LogP contribution < -0.4 is 4.90 Å². The van der Waals surface area contributed by atoms with E-state index in [-0.39, 0.29) is 0 Å². The molecule has 0 saturated carbocycles. The van der Waals surface area contributed by atoms with Crippen LogP contribution >= 0.6 is 0 Å². The van der Waals surface area contributed by atoms with Crippen LogP contribution in [0.2, 0.25) is 0 Å². The van der Waals surface area contributed by atoms with Crippen LogP contribution in [0.3, 0.4) is 0 Å². The first-order valence-corrected chi connectivity index (χ1v) is 17.0. The van der Waals surface area contributed by atoms with E-state index in [4.69, 9.17) is 4.98 Å². The fourth-order valence-corrected chi connectivity index (χ4v) is 7.00. The maximum atomic E-state index is 5.34. The van der Waals surface area contributed by atoms with E-state index in [1.54, 1.807) is 0 Å². The van der Waals surface area contributed by atoms with Crippen LogP contribution in [0.5, 0.6) is 0 Å². The molecular weight excluding hydrogens is 607 g/mol. The average Bonchev–Trinajstić information content (AvgIpc) is 3.61. The molecule has 236 valence electrons. The highest BCUT2D eigenvalue weighted by Crippen LogP contribution is 2.39. The molecule has 0 aliphatic heterocycles. The predicted octanol–water partition coefficient (Wildman–Crippen LogP) is 12.6. The normalized spacial score (nSPS) is 11.5. The highest BCUT2D eigenvalue weighted by Gasteiger charge is 2.20. The second kappa shape index (κ2) is 12.7. The van der Waals surface area contributed by atoms with Gasteiger partial charge >= 0.3 is 0 Å². The zero-order chi connectivity index (χ0) is 33.3. The number of hydrogen-bond donors (Lipinski definition) is 0. The Morgan fingerprint density at radius 2 is 0.840 bits per heavy atom. The monoisotopic (exact) mass is 639 g/mol. The number of para-hydroxylation sites is 2. The van der Waals surface area contributed by atoms with Crippen molar-refractivity contribution in [1.82, 2.24) is 9.55 Å². The van der Waals surface area contributed by atoms with Crippen molar-refractivity contribution in [1.29, 1.82) is 0 Å². The van der Waals surface area contributed by atoms with Crippen LogP contribution in [0.4, 0.5) is 17.1 Å². The molecule has 0 spiro atoms. The van der Waals surface area contributed by atoms with Crippen molar-refractivity contribution in [3.63, 3.8) is 0 Å². The first-order chi connectivity index (χ1) is 24.8. The summed E-state index contributed by atoms with van der Waals surface area (Å²) in [6, 6.07) is 66.3. The molecule has 0 unspecified atom stereocenters. The van der Waals surface area contributed by atoms with Crippen LogP contribution in [0.25, 0.3) is 61.8 Å². The number of hydrogen-bond acceptors (Lipinski definition) is 2. The van der Waals surface area contributed by atoms with Crippen LogP contribution in [0, 0.1) is 0 Å². The minimum Gasteiger partial charge on any atom is -0.311 e. The Balaban J connectivity index is 1.08. The van der Waals surface area contributed by atoms with E-state index in [1.807, 2.05) is 0 Å². The second-order valence-electron chi connectivity index (χ2n) is 12.4. The number of benzene rings is 8. The zero-order valence-electron chi connectivity index (χ0n) is 27.4. The maximum absolute atomic E-state index is 5.34. The third-order valence-corrected chi connectivity index (χ3v) is 9.36. The predicted molar refractivity (Wildman–Crippen MR) is 212 cm³/mol. The lowest BCUT2D eigenvalue weighted by Crippen LogP contribution is -2.09. The van der Waals surface area contributed by atoms with Crippen LogP contribution in [0.15, 0.2) is 188 Å². The third kappa shape index (κ3) is 5.32. The molecule has 8 aromatic carbocycles. The first kappa shape index (κ1) is 29.4. The van der Waals surface area contributed by atoms with Crippen LogP contribution in [-0.2, 0) is 0 Å². The molecule has 9 aromatic rings. The van der Waals surface area contributed by atoms with E-state index in [0.29, 0.717) is 0 Å². The molecular formula is C47H33N3. The Kier molecular flexibility index (Phi) is 7.49. The van der Waals surface area contributed by atoms with E-state index in [2.05, 4.69) is 210 Å². The number of anilines is 3. The van der Waals surface area contributed by atoms with Gasteiger partial charge in [-0.1, -0.05) is 152 Å². The fraction of sp³-hybridized carbons (Fsp3) is 0. The molecule has 9 rings (SSSR count). The summed E-state index contributed by atoms with van der Waals surface area (Å²) >= 11 is 0. The quantitative estimate of drug-likeness (QED) is 0.128. The summed E-state index contributed by atoms with van der Waals surface area (Å²) in [5.74, 6) is 0.936. The molecule has 3 nitrogen and oxygen atoms in total. The highest BCUT2D eigenvalue weighted by atomic mass is 15.1. The van der Waals surface area contributed by atoms with Gasteiger partial charge in [-0.2, -0.15) is 0 Å². The van der Waals surface area contributed by atoms with Gasteiger partial charge < -0.3 is 4.90 Å². The lowest BCUT2D eigenvalue weighted by Gasteiger charge is -2.25. The highest BCUT2D eigenvalue weighted by molar-refractivity contribution is 6.24. The third-order valence-electron chi connectivity index (χ3n) is 9.36. The van der Waals surface area contributed by atoms with Crippen molar-refractivity contribution in [3.8, 4) is 17.1 Å². The number of aromatic nitrogens is 2. The lowest BCUT2D eigenvalue weighted by atomic mass is 10.00. The van der Waals surface area contributed by atoms with E-state index in [9.17, 15) is 0 Å². The first-order valence-electron chi connectivity index (χ1n) is 17.0. The summed E-state index contributed by atoms with van der Waals surface area (Å²) in [4.78, 5) is 7.62. The van der Waals surface area contributed by atoms with E-state index >= 15 is 0 Å². The summed E-state index contributed by atoms with van der Waals surface area (Å²) in [5.41, 5.74) is 9.96. The summed E-state index contributed by atoms with van der Waals surface area (Å²) in [6.07, 6.45) is 4.35. The van der Waals surface area contributed by atoms with Gasteiger partial charge in [0, 0.05) is 39.1 Å². The number of fused-ring (bicyclic) bond motifs is 6. The molecule has 0 radical (unpaired) electrons. The zero-order valence-corrected chi connectivity index (χ0v) is 27.4. The van der Waals surface area contributed by atoms with Gasteiger partial charge in [0.2, 0.25) is 0 Å². The van der Waals surface area contributed by atoms with Gasteiger partial charge in [0.05, 0.1) is 11.0 Å². The van der Waals surface area contributed by atoms with Gasteiger partial charge in [0.25, 0.3) is 0 Å². The van der Waals surface area contributed by atoms with E-state index < -0.39 is 0 Å². The molecule has 0 aliphatic rings. The molecule has 0 saturated heterocycles. The Bertz CT molecular complexity index is 2560. The van der Waals surface area contributed by atoms with Crippen molar-refractivity contribution < 1.29 is 0 Å². The van der Waals surface area contributed by atoms with Gasteiger partial charge in [0.1, 0.15) is 5.82 Å². The van der Waals surface area contributed by atoms with Gasteiger partial charge in [-0.15, -0.1) is 0 Å². The number of rotatable bonds is 7. The summed E-state index contributed by atoms with van der Waals surface area (Å²) < 4.78 is 2.33. The summed E-state index contributed by atoms with van der Waals surface area (Å²) in [5, 5.41) is 4.82. The minimum absolute atomic E-state index is 0.936. The van der Waals surface area contributed by atoms with Gasteiger partial charge in [-0.25, -0.2) is 4.98 Å². The SMILES string of the molecule is C(=C\c1ccc(-n2c(-c3ccccc3)nc3c4ccccc4c4ccccc4c32)cc1)/c1ccc(N(c2ccccc2)c2ccccc2)cc1. The molecule has 3 heteroatoms. The van der Waals surface area contributed by atoms with Crippen molar-refractivity contribution in [2.75, 3.05) is 4.90 Å². The second-order valence-corrected chi connectivity index (χ2v) is 12.4. The summed E-state index contributed by atoms with van der Waals surface area (Å²) in [6.45, 7) is 0. The Labute approximate surface area is 291 Å². The van der Waals surface area contributed by atoms with E-state index in [0.717, 1.165) is 56.3 Å². The standard InChI is InChI=1S/C47H33N3/c1-4-14-36(15-5-1)47-48-45-43-22-12-10-20-41(43)42-21-11-13-23-44(42)46(45)50(47)40-32-28-35(29-33-40)25-24-34-26-30-39(31-27-34)49(37-16-6-2-7-17-37)38-18-8-3-9-19-38/h1-33H/b25-24+. The van der Waals surface area contributed by atoms with Crippen LogP contribution in [0.1, 0.15) is 11.1 Å². The molecule has 1 heterocycles. The Hall–Kier alpha value is -6.71. The topological polar surface area (TPSA) is 21.1 Å². The van der Waals surface area contributed by atoms with Gasteiger partial charge in [-0.3, -0.25) is 4.57 Å². The van der Waals surface area contributed by atoms with Crippen molar-refractivity contribution in [2.24, 2.45) is 0 Å².